The first-order valence-corrected chi connectivity index (χ1v) is 12.9. The summed E-state index contributed by atoms with van der Waals surface area (Å²) in [7, 11) is 1.59. The Balaban J connectivity index is 1.21. The van der Waals surface area contributed by atoms with Gasteiger partial charge in [-0.05, 0) is 49.1 Å². The number of hydrogen-bond acceptors (Lipinski definition) is 7. The van der Waals surface area contributed by atoms with E-state index in [1.807, 2.05) is 10.7 Å². The molecule has 1 aliphatic carbocycles. The fourth-order valence-corrected chi connectivity index (χ4v) is 6.25. The highest BCUT2D eigenvalue weighted by molar-refractivity contribution is 5.48. The van der Waals surface area contributed by atoms with E-state index in [0.29, 0.717) is 29.2 Å². The lowest BCUT2D eigenvalue weighted by molar-refractivity contribution is -0.137. The summed E-state index contributed by atoms with van der Waals surface area (Å²) < 4.78 is 47.2. The molecule has 2 unspecified atom stereocenters. The first-order valence-electron chi connectivity index (χ1n) is 12.9. The molecule has 4 atom stereocenters. The summed E-state index contributed by atoms with van der Waals surface area (Å²) in [5.74, 6) is 2.49. The smallest absolute Gasteiger partial charge is 0.416 e. The van der Waals surface area contributed by atoms with Gasteiger partial charge in [0, 0.05) is 37.7 Å². The number of hydrogen-bond donors (Lipinski definition) is 1. The third-order valence-corrected chi connectivity index (χ3v) is 8.06. The summed E-state index contributed by atoms with van der Waals surface area (Å²) in [5, 5.41) is 16.4. The third kappa shape index (κ3) is 4.71. The Labute approximate surface area is 213 Å². The molecule has 1 N–H and O–H groups in total. The number of rotatable bonds is 5. The molecule has 0 radical (unpaired) electrons. The van der Waals surface area contributed by atoms with Crippen molar-refractivity contribution in [3.63, 3.8) is 0 Å². The number of fused-ring (bicyclic) bond motifs is 3. The van der Waals surface area contributed by atoms with Crippen molar-refractivity contribution >= 4 is 11.6 Å². The van der Waals surface area contributed by atoms with E-state index in [4.69, 9.17) is 14.8 Å². The second kappa shape index (κ2) is 9.50. The maximum absolute atomic E-state index is 13.4. The maximum Gasteiger partial charge on any atom is 0.416 e. The van der Waals surface area contributed by atoms with Gasteiger partial charge in [0.25, 0.3) is 0 Å². The molecule has 1 saturated heterocycles. The Bertz CT molecular complexity index is 1250. The number of nitrogens with zero attached hydrogens (tertiary/aromatic N) is 6. The van der Waals surface area contributed by atoms with Crippen LogP contribution in [0.15, 0.2) is 36.5 Å². The normalized spacial score (nSPS) is 25.5. The number of benzene rings is 1. The summed E-state index contributed by atoms with van der Waals surface area (Å²) in [6.07, 6.45) is 2.25. The SMILES string of the molecule is COc1cc(N2CC3CC[C@@H](C2)C3Nc2nc3n(n2)CCCC[C@@H]3c2cccc(C(F)(F)F)c2)cnn1. The number of aromatic nitrogens is 5. The van der Waals surface area contributed by atoms with E-state index in [1.165, 1.54) is 12.1 Å². The van der Waals surface area contributed by atoms with Gasteiger partial charge in [0.05, 0.1) is 24.6 Å². The van der Waals surface area contributed by atoms with E-state index in [-0.39, 0.29) is 12.0 Å². The second-order valence-electron chi connectivity index (χ2n) is 10.3. The standard InChI is InChI=1S/C26H30F3N7O/c1-37-22-12-20(13-30-33-22)35-14-17-8-9-18(15-35)23(17)31-25-32-24-21(7-2-3-10-36(24)34-25)16-5-4-6-19(11-16)26(27,28)29/h4-6,11-13,17-18,21,23H,2-3,7-10,14-15H2,1H3,(H,31,34)/t17-,18?,21+,23?/m0/s1. The summed E-state index contributed by atoms with van der Waals surface area (Å²) in [4.78, 5) is 7.21. The zero-order valence-corrected chi connectivity index (χ0v) is 20.7. The van der Waals surface area contributed by atoms with Gasteiger partial charge in [-0.1, -0.05) is 24.6 Å². The van der Waals surface area contributed by atoms with Crippen molar-refractivity contribution in [3.8, 4) is 5.88 Å². The molecular formula is C26H30F3N7O. The average Bonchev–Trinajstić information content (AvgIpc) is 3.30. The second-order valence-corrected chi connectivity index (χ2v) is 10.3. The molecule has 2 fully saturated rings. The van der Waals surface area contributed by atoms with Crippen molar-refractivity contribution in [2.24, 2.45) is 11.8 Å². The van der Waals surface area contributed by atoms with Crippen LogP contribution >= 0.6 is 0 Å². The minimum atomic E-state index is -4.37. The largest absolute Gasteiger partial charge is 0.480 e. The van der Waals surface area contributed by atoms with E-state index in [1.54, 1.807) is 19.4 Å². The molecule has 2 bridgehead atoms. The van der Waals surface area contributed by atoms with E-state index in [9.17, 15) is 13.2 Å². The fraction of sp³-hybridized carbons (Fsp3) is 0.538. The van der Waals surface area contributed by atoms with Crippen LogP contribution in [0.25, 0.3) is 0 Å². The first kappa shape index (κ1) is 24.0. The molecule has 1 saturated carbocycles. The van der Waals surface area contributed by atoms with Crippen molar-refractivity contribution in [1.82, 2.24) is 25.0 Å². The Hall–Kier alpha value is -3.37. The molecule has 3 aliphatic rings. The summed E-state index contributed by atoms with van der Waals surface area (Å²) in [5.41, 5.74) is 1.04. The Morgan fingerprint density at radius 2 is 1.86 bits per heavy atom. The zero-order valence-electron chi connectivity index (χ0n) is 20.7. The van der Waals surface area contributed by atoms with E-state index in [0.717, 1.165) is 69.3 Å². The predicted octanol–water partition coefficient (Wildman–Crippen LogP) is 4.74. The van der Waals surface area contributed by atoms with E-state index in [2.05, 4.69) is 20.4 Å². The number of anilines is 2. The highest BCUT2D eigenvalue weighted by Gasteiger charge is 2.43. The number of ether oxygens (including phenoxy) is 1. The molecule has 196 valence electrons. The highest BCUT2D eigenvalue weighted by atomic mass is 19.4. The minimum Gasteiger partial charge on any atom is -0.480 e. The molecule has 4 heterocycles. The van der Waals surface area contributed by atoms with Gasteiger partial charge in [-0.25, -0.2) is 4.68 Å². The lowest BCUT2D eigenvalue weighted by atomic mass is 9.92. The molecule has 37 heavy (non-hydrogen) atoms. The van der Waals surface area contributed by atoms with E-state index < -0.39 is 11.7 Å². The lowest BCUT2D eigenvalue weighted by Gasteiger charge is -2.39. The molecule has 2 aliphatic heterocycles. The molecule has 3 aromatic rings. The van der Waals surface area contributed by atoms with Gasteiger partial charge in [0.2, 0.25) is 11.8 Å². The van der Waals surface area contributed by atoms with Gasteiger partial charge in [-0.3, -0.25) is 0 Å². The van der Waals surface area contributed by atoms with Crippen molar-refractivity contribution in [1.29, 1.82) is 0 Å². The summed E-state index contributed by atoms with van der Waals surface area (Å²) in [6, 6.07) is 7.83. The van der Waals surface area contributed by atoms with Crippen LogP contribution in [0, 0.1) is 11.8 Å². The first-order chi connectivity index (χ1) is 17.9. The van der Waals surface area contributed by atoms with Crippen LogP contribution in [-0.4, -0.2) is 51.2 Å². The number of nitrogens with one attached hydrogen (secondary N) is 1. The Morgan fingerprint density at radius 3 is 2.62 bits per heavy atom. The molecule has 8 nitrogen and oxygen atoms in total. The zero-order chi connectivity index (χ0) is 25.6. The molecule has 6 rings (SSSR count). The maximum atomic E-state index is 13.4. The van der Waals surface area contributed by atoms with Gasteiger partial charge in [-0.15, -0.1) is 10.2 Å². The number of aryl methyl sites for hydroxylation is 1. The number of alkyl halides is 3. The predicted molar refractivity (Wildman–Crippen MR) is 132 cm³/mol. The van der Waals surface area contributed by atoms with Crippen LogP contribution in [0.4, 0.5) is 24.8 Å². The van der Waals surface area contributed by atoms with Gasteiger partial charge in [-0.2, -0.15) is 23.3 Å². The molecule has 0 amide bonds. The topological polar surface area (TPSA) is 81.0 Å². The van der Waals surface area contributed by atoms with Gasteiger partial charge in [0.15, 0.2) is 0 Å². The lowest BCUT2D eigenvalue weighted by Crippen LogP contribution is -2.48. The van der Waals surface area contributed by atoms with Crippen LogP contribution in [0.2, 0.25) is 0 Å². The molecule has 0 spiro atoms. The van der Waals surface area contributed by atoms with Crippen LogP contribution in [0.5, 0.6) is 5.88 Å². The average molecular weight is 514 g/mol. The number of methoxy groups -OCH3 is 1. The third-order valence-electron chi connectivity index (χ3n) is 8.06. The van der Waals surface area contributed by atoms with Crippen LogP contribution in [0.3, 0.4) is 0 Å². The van der Waals surface area contributed by atoms with Gasteiger partial charge in [0.1, 0.15) is 5.82 Å². The van der Waals surface area contributed by atoms with Crippen LogP contribution < -0.4 is 15.0 Å². The minimum absolute atomic E-state index is 0.208. The Kier molecular flexibility index (Phi) is 6.16. The molecular weight excluding hydrogens is 483 g/mol. The van der Waals surface area contributed by atoms with Crippen molar-refractivity contribution in [2.45, 2.75) is 56.8 Å². The van der Waals surface area contributed by atoms with Gasteiger partial charge >= 0.3 is 6.18 Å². The summed E-state index contributed by atoms with van der Waals surface area (Å²) in [6.45, 7) is 2.51. The summed E-state index contributed by atoms with van der Waals surface area (Å²) >= 11 is 0. The molecule has 1 aromatic carbocycles. The molecule has 11 heteroatoms. The van der Waals surface area contributed by atoms with E-state index >= 15 is 0 Å². The monoisotopic (exact) mass is 513 g/mol. The van der Waals surface area contributed by atoms with Crippen LogP contribution in [0.1, 0.15) is 55.0 Å². The highest BCUT2D eigenvalue weighted by Crippen LogP contribution is 2.41. The number of halogens is 3. The van der Waals surface area contributed by atoms with Crippen molar-refractivity contribution in [2.75, 3.05) is 30.4 Å². The van der Waals surface area contributed by atoms with Crippen LogP contribution in [-0.2, 0) is 12.7 Å². The molecule has 2 aromatic heterocycles. The fourth-order valence-electron chi connectivity index (χ4n) is 6.25. The van der Waals surface area contributed by atoms with Crippen molar-refractivity contribution in [3.05, 3.63) is 53.5 Å². The quantitative estimate of drug-likeness (QED) is 0.528. The van der Waals surface area contributed by atoms with Gasteiger partial charge < -0.3 is 15.0 Å². The number of piperidine rings is 1. The van der Waals surface area contributed by atoms with Crippen molar-refractivity contribution < 1.29 is 17.9 Å². The Morgan fingerprint density at radius 1 is 1.05 bits per heavy atom.